The van der Waals surface area contributed by atoms with Crippen LogP contribution in [0.15, 0.2) is 51.9 Å². The summed E-state index contributed by atoms with van der Waals surface area (Å²) in [6.07, 6.45) is 0. The molecule has 0 fully saturated rings. The molecule has 106 valence electrons. The zero-order valence-electron chi connectivity index (χ0n) is 10.9. The fourth-order valence-electron chi connectivity index (χ4n) is 1.92. The standard InChI is InChI=1S/C15H11ClFN3O/c16-8-14(18)19-11-4-5-12-13(7-11)21-15(20-12)9-2-1-3-10(17)6-9/h1-7H,8H2,(H2,18,19). The first kappa shape index (κ1) is 13.6. The van der Waals surface area contributed by atoms with Gasteiger partial charge in [0.15, 0.2) is 5.58 Å². The normalized spacial score (nSPS) is 12.0. The van der Waals surface area contributed by atoms with Gasteiger partial charge < -0.3 is 10.2 Å². The summed E-state index contributed by atoms with van der Waals surface area (Å²) in [5.41, 5.74) is 8.02. The second-order valence-corrected chi connectivity index (χ2v) is 4.69. The van der Waals surface area contributed by atoms with Crippen LogP contribution < -0.4 is 5.73 Å². The maximum atomic E-state index is 13.2. The lowest BCUT2D eigenvalue weighted by Gasteiger charge is -1.95. The molecular weight excluding hydrogens is 293 g/mol. The van der Waals surface area contributed by atoms with Crippen LogP contribution in [0.2, 0.25) is 0 Å². The second kappa shape index (κ2) is 5.54. The molecule has 0 unspecified atom stereocenters. The van der Waals surface area contributed by atoms with Gasteiger partial charge in [0.1, 0.15) is 17.2 Å². The van der Waals surface area contributed by atoms with Gasteiger partial charge in [0.25, 0.3) is 0 Å². The molecule has 1 heterocycles. The molecule has 0 atom stereocenters. The minimum Gasteiger partial charge on any atom is -0.436 e. The summed E-state index contributed by atoms with van der Waals surface area (Å²) in [6, 6.07) is 11.3. The smallest absolute Gasteiger partial charge is 0.227 e. The van der Waals surface area contributed by atoms with Crippen LogP contribution in [-0.2, 0) is 0 Å². The highest BCUT2D eigenvalue weighted by molar-refractivity contribution is 6.28. The molecule has 0 bridgehead atoms. The Labute approximate surface area is 125 Å². The van der Waals surface area contributed by atoms with Gasteiger partial charge in [-0.15, -0.1) is 11.6 Å². The minimum absolute atomic E-state index is 0.156. The summed E-state index contributed by atoms with van der Waals surface area (Å²) in [5.74, 6) is 0.495. The number of oxazole rings is 1. The first-order chi connectivity index (χ1) is 10.2. The molecule has 3 aromatic rings. The summed E-state index contributed by atoms with van der Waals surface area (Å²) >= 11 is 5.59. The van der Waals surface area contributed by atoms with Gasteiger partial charge in [-0.25, -0.2) is 14.4 Å². The average molecular weight is 304 g/mol. The zero-order valence-corrected chi connectivity index (χ0v) is 11.6. The fraction of sp³-hybridized carbons (Fsp3) is 0.0667. The molecule has 6 heteroatoms. The van der Waals surface area contributed by atoms with Gasteiger partial charge >= 0.3 is 0 Å². The van der Waals surface area contributed by atoms with Crippen molar-refractivity contribution in [3.05, 3.63) is 48.3 Å². The number of hydrogen-bond acceptors (Lipinski definition) is 3. The summed E-state index contributed by atoms with van der Waals surface area (Å²) in [5, 5.41) is 0. The highest BCUT2D eigenvalue weighted by atomic mass is 35.5. The lowest BCUT2D eigenvalue weighted by Crippen LogP contribution is -2.12. The number of nitrogens with zero attached hydrogens (tertiary/aromatic N) is 2. The number of rotatable bonds is 3. The molecule has 0 aliphatic rings. The molecule has 0 amide bonds. The van der Waals surface area contributed by atoms with Crippen molar-refractivity contribution in [2.75, 3.05) is 5.88 Å². The molecule has 2 N–H and O–H groups in total. The van der Waals surface area contributed by atoms with Gasteiger partial charge in [-0.2, -0.15) is 0 Å². The van der Waals surface area contributed by atoms with Gasteiger partial charge in [0.05, 0.1) is 11.6 Å². The van der Waals surface area contributed by atoms with Crippen molar-refractivity contribution in [2.24, 2.45) is 10.7 Å². The molecule has 2 aromatic carbocycles. The Hall–Kier alpha value is -2.40. The first-order valence-corrected chi connectivity index (χ1v) is 6.75. The number of fused-ring (bicyclic) bond motifs is 1. The van der Waals surface area contributed by atoms with Crippen LogP contribution in [0.3, 0.4) is 0 Å². The minimum atomic E-state index is -0.338. The highest BCUT2D eigenvalue weighted by Gasteiger charge is 2.09. The molecule has 21 heavy (non-hydrogen) atoms. The number of aromatic nitrogens is 1. The van der Waals surface area contributed by atoms with E-state index in [0.717, 1.165) is 0 Å². The Balaban J connectivity index is 2.04. The van der Waals surface area contributed by atoms with Crippen LogP contribution in [-0.4, -0.2) is 16.7 Å². The second-order valence-electron chi connectivity index (χ2n) is 4.42. The number of nitrogens with two attached hydrogens (primary N) is 1. The summed E-state index contributed by atoms with van der Waals surface area (Å²) in [6.45, 7) is 0. The van der Waals surface area contributed by atoms with E-state index in [1.165, 1.54) is 12.1 Å². The van der Waals surface area contributed by atoms with Crippen molar-refractivity contribution < 1.29 is 8.81 Å². The molecule has 3 rings (SSSR count). The van der Waals surface area contributed by atoms with E-state index in [0.29, 0.717) is 34.1 Å². The van der Waals surface area contributed by atoms with Crippen LogP contribution >= 0.6 is 11.6 Å². The Bertz CT molecular complexity index is 829. The summed E-state index contributed by atoms with van der Waals surface area (Å²) in [4.78, 5) is 8.46. The molecule has 4 nitrogen and oxygen atoms in total. The average Bonchev–Trinajstić information content (AvgIpc) is 2.90. The number of benzene rings is 2. The Morgan fingerprint density at radius 2 is 2.14 bits per heavy atom. The summed E-state index contributed by atoms with van der Waals surface area (Å²) in [7, 11) is 0. The van der Waals surface area contributed by atoms with E-state index in [-0.39, 0.29) is 11.7 Å². The lowest BCUT2D eigenvalue weighted by molar-refractivity contribution is 0.611. The predicted octanol–water partition coefficient (Wildman–Crippen LogP) is 3.86. The Morgan fingerprint density at radius 3 is 2.90 bits per heavy atom. The maximum absolute atomic E-state index is 13.2. The molecule has 0 radical (unpaired) electrons. The number of aliphatic imine (C=N–C) groups is 1. The van der Waals surface area contributed by atoms with Crippen LogP contribution in [0, 0.1) is 5.82 Å². The van der Waals surface area contributed by atoms with Crippen LogP contribution in [0.5, 0.6) is 0 Å². The Morgan fingerprint density at radius 1 is 1.29 bits per heavy atom. The van der Waals surface area contributed by atoms with E-state index in [2.05, 4.69) is 9.98 Å². The first-order valence-electron chi connectivity index (χ1n) is 6.21. The molecule has 0 saturated heterocycles. The lowest BCUT2D eigenvalue weighted by atomic mass is 10.2. The van der Waals surface area contributed by atoms with E-state index in [1.807, 2.05) is 0 Å². The third-order valence-corrected chi connectivity index (χ3v) is 3.13. The largest absolute Gasteiger partial charge is 0.436 e. The summed E-state index contributed by atoms with van der Waals surface area (Å²) < 4.78 is 18.9. The third-order valence-electron chi connectivity index (χ3n) is 2.85. The van der Waals surface area contributed by atoms with E-state index in [4.69, 9.17) is 21.8 Å². The number of hydrogen-bond donors (Lipinski definition) is 1. The Kier molecular flexibility index (Phi) is 3.58. The van der Waals surface area contributed by atoms with E-state index in [9.17, 15) is 4.39 Å². The van der Waals surface area contributed by atoms with Crippen LogP contribution in [0.4, 0.5) is 10.1 Å². The van der Waals surface area contributed by atoms with E-state index < -0.39 is 0 Å². The van der Waals surface area contributed by atoms with E-state index in [1.54, 1.807) is 30.3 Å². The molecular formula is C15H11ClFN3O. The monoisotopic (exact) mass is 303 g/mol. The van der Waals surface area contributed by atoms with Crippen LogP contribution in [0.25, 0.3) is 22.6 Å². The highest BCUT2D eigenvalue weighted by Crippen LogP contribution is 2.27. The molecule has 1 aromatic heterocycles. The van der Waals surface area contributed by atoms with Gasteiger partial charge in [-0.05, 0) is 30.3 Å². The van der Waals surface area contributed by atoms with Crippen molar-refractivity contribution in [2.45, 2.75) is 0 Å². The van der Waals surface area contributed by atoms with E-state index >= 15 is 0 Å². The SMILES string of the molecule is NC(CCl)=Nc1ccc2nc(-c3cccc(F)c3)oc2c1. The zero-order chi connectivity index (χ0) is 14.8. The fourth-order valence-corrected chi connectivity index (χ4v) is 1.98. The molecule has 0 spiro atoms. The quantitative estimate of drug-likeness (QED) is 0.454. The van der Waals surface area contributed by atoms with Gasteiger partial charge in [-0.3, -0.25) is 0 Å². The molecule has 0 saturated carbocycles. The van der Waals surface area contributed by atoms with Crippen molar-refractivity contribution >= 4 is 34.2 Å². The van der Waals surface area contributed by atoms with Gasteiger partial charge in [0, 0.05) is 11.6 Å². The topological polar surface area (TPSA) is 64.4 Å². The van der Waals surface area contributed by atoms with Crippen molar-refractivity contribution in [1.82, 2.24) is 4.98 Å². The maximum Gasteiger partial charge on any atom is 0.227 e. The van der Waals surface area contributed by atoms with Crippen molar-refractivity contribution in [3.63, 3.8) is 0 Å². The van der Waals surface area contributed by atoms with Crippen molar-refractivity contribution in [3.8, 4) is 11.5 Å². The molecule has 0 aliphatic heterocycles. The number of alkyl halides is 1. The van der Waals surface area contributed by atoms with Gasteiger partial charge in [0.2, 0.25) is 5.89 Å². The number of amidine groups is 1. The predicted molar refractivity (Wildman–Crippen MR) is 81.4 cm³/mol. The third kappa shape index (κ3) is 2.87. The number of halogens is 2. The van der Waals surface area contributed by atoms with Crippen LogP contribution in [0.1, 0.15) is 0 Å². The molecule has 0 aliphatic carbocycles. The van der Waals surface area contributed by atoms with Gasteiger partial charge in [-0.1, -0.05) is 6.07 Å². The van der Waals surface area contributed by atoms with Crippen molar-refractivity contribution in [1.29, 1.82) is 0 Å².